The molecule has 1 aromatic carbocycles. The quantitative estimate of drug-likeness (QED) is 0.779. The molecule has 2 aromatic rings. The van der Waals surface area contributed by atoms with E-state index in [1.807, 2.05) is 6.20 Å². The number of H-pyrrole nitrogens is 1. The van der Waals surface area contributed by atoms with E-state index in [0.717, 1.165) is 19.4 Å². The normalized spacial score (nSPS) is 12.6. The minimum Gasteiger partial charge on any atom is -0.310 e. The van der Waals surface area contributed by atoms with Crippen LogP contribution >= 0.6 is 0 Å². The van der Waals surface area contributed by atoms with Gasteiger partial charge in [0.1, 0.15) is 0 Å². The second-order valence-electron chi connectivity index (χ2n) is 5.16. The van der Waals surface area contributed by atoms with Gasteiger partial charge in [0.15, 0.2) is 0 Å². The molecule has 0 saturated carbocycles. The highest BCUT2D eigenvalue weighted by atomic mass is 15.1. The van der Waals surface area contributed by atoms with Gasteiger partial charge in [-0.2, -0.15) is 5.10 Å². The number of aryl methyl sites for hydroxylation is 3. The minimum absolute atomic E-state index is 0.409. The Balaban J connectivity index is 1.77. The predicted octanol–water partition coefficient (Wildman–Crippen LogP) is 3.31. The lowest BCUT2D eigenvalue weighted by Crippen LogP contribution is -2.21. The summed E-state index contributed by atoms with van der Waals surface area (Å²) in [6.45, 7) is 7.50. The first kappa shape index (κ1) is 13.8. The van der Waals surface area contributed by atoms with Gasteiger partial charge < -0.3 is 5.32 Å². The molecule has 1 heterocycles. The van der Waals surface area contributed by atoms with E-state index in [9.17, 15) is 0 Å². The van der Waals surface area contributed by atoms with E-state index in [1.165, 1.54) is 22.4 Å². The van der Waals surface area contributed by atoms with Gasteiger partial charge in [0.05, 0.1) is 6.20 Å². The molecule has 0 spiro atoms. The second kappa shape index (κ2) is 6.53. The summed E-state index contributed by atoms with van der Waals surface area (Å²) < 4.78 is 0. The molecular weight excluding hydrogens is 234 g/mol. The Morgan fingerprint density at radius 1 is 1.26 bits per heavy atom. The number of benzene rings is 1. The lowest BCUT2D eigenvalue weighted by atomic mass is 10.0. The third-order valence-corrected chi connectivity index (χ3v) is 3.66. The third-order valence-electron chi connectivity index (χ3n) is 3.66. The van der Waals surface area contributed by atoms with Gasteiger partial charge in [-0.25, -0.2) is 0 Å². The molecule has 102 valence electrons. The zero-order valence-corrected chi connectivity index (χ0v) is 12.0. The van der Waals surface area contributed by atoms with Crippen molar-refractivity contribution in [3.8, 4) is 0 Å². The molecule has 19 heavy (non-hydrogen) atoms. The molecule has 0 bridgehead atoms. The summed E-state index contributed by atoms with van der Waals surface area (Å²) in [5, 5.41) is 10.6. The van der Waals surface area contributed by atoms with Crippen LogP contribution in [0.4, 0.5) is 0 Å². The minimum atomic E-state index is 0.409. The number of rotatable bonds is 6. The van der Waals surface area contributed by atoms with Crippen LogP contribution in [0.5, 0.6) is 0 Å². The van der Waals surface area contributed by atoms with E-state index in [-0.39, 0.29) is 0 Å². The number of hydrogen-bond donors (Lipinski definition) is 2. The first-order valence-corrected chi connectivity index (χ1v) is 6.96. The van der Waals surface area contributed by atoms with Crippen molar-refractivity contribution < 1.29 is 0 Å². The van der Waals surface area contributed by atoms with Gasteiger partial charge in [-0.05, 0) is 56.8 Å². The van der Waals surface area contributed by atoms with Gasteiger partial charge in [0, 0.05) is 11.7 Å². The Kier molecular flexibility index (Phi) is 4.74. The number of aromatic amines is 1. The topological polar surface area (TPSA) is 40.7 Å². The molecular formula is C16H23N3. The van der Waals surface area contributed by atoms with Crippen molar-refractivity contribution in [2.45, 2.75) is 39.7 Å². The summed E-state index contributed by atoms with van der Waals surface area (Å²) in [6, 6.07) is 8.98. The molecule has 0 aliphatic rings. The second-order valence-corrected chi connectivity index (χ2v) is 5.16. The van der Waals surface area contributed by atoms with Crippen molar-refractivity contribution in [2.75, 3.05) is 6.54 Å². The Morgan fingerprint density at radius 2 is 2.05 bits per heavy atom. The molecule has 2 rings (SSSR count). The summed E-state index contributed by atoms with van der Waals surface area (Å²) in [5.74, 6) is 0. The average molecular weight is 257 g/mol. The van der Waals surface area contributed by atoms with Gasteiger partial charge in [0.25, 0.3) is 0 Å². The zero-order valence-electron chi connectivity index (χ0n) is 12.0. The summed E-state index contributed by atoms with van der Waals surface area (Å²) in [6.07, 6.45) is 4.15. The average Bonchev–Trinajstić information content (AvgIpc) is 2.80. The number of aromatic nitrogens is 2. The van der Waals surface area contributed by atoms with Crippen LogP contribution in [0.25, 0.3) is 0 Å². The smallest absolute Gasteiger partial charge is 0.0522 e. The maximum Gasteiger partial charge on any atom is 0.0522 e. The fourth-order valence-corrected chi connectivity index (χ4v) is 2.41. The summed E-state index contributed by atoms with van der Waals surface area (Å²) in [5.41, 5.74) is 5.26. The maximum atomic E-state index is 4.05. The van der Waals surface area contributed by atoms with Crippen LogP contribution in [-0.4, -0.2) is 16.7 Å². The fourth-order valence-electron chi connectivity index (χ4n) is 2.41. The highest BCUT2D eigenvalue weighted by Crippen LogP contribution is 2.16. The molecule has 0 amide bonds. The van der Waals surface area contributed by atoms with E-state index in [1.54, 1.807) is 0 Å². The van der Waals surface area contributed by atoms with E-state index in [4.69, 9.17) is 0 Å². The highest BCUT2D eigenvalue weighted by Gasteiger charge is 2.06. The van der Waals surface area contributed by atoms with E-state index in [0.29, 0.717) is 6.04 Å². The van der Waals surface area contributed by atoms with Crippen LogP contribution in [0.2, 0.25) is 0 Å². The standard InChI is InChI=1S/C16H23N3/c1-12-7-4-5-9-16(12)14(3)17-10-6-8-15-11-18-19-13(15)2/h4-5,7,9,11,14,17H,6,8,10H2,1-3H3,(H,18,19). The summed E-state index contributed by atoms with van der Waals surface area (Å²) in [4.78, 5) is 0. The molecule has 1 unspecified atom stereocenters. The van der Waals surface area contributed by atoms with Crippen molar-refractivity contribution in [3.63, 3.8) is 0 Å². The highest BCUT2D eigenvalue weighted by molar-refractivity contribution is 5.28. The number of nitrogens with zero attached hydrogens (tertiary/aromatic N) is 1. The van der Waals surface area contributed by atoms with Gasteiger partial charge in [-0.15, -0.1) is 0 Å². The van der Waals surface area contributed by atoms with E-state index >= 15 is 0 Å². The molecule has 3 heteroatoms. The van der Waals surface area contributed by atoms with Crippen molar-refractivity contribution in [3.05, 3.63) is 52.8 Å². The van der Waals surface area contributed by atoms with Crippen LogP contribution < -0.4 is 5.32 Å². The first-order valence-electron chi connectivity index (χ1n) is 6.96. The van der Waals surface area contributed by atoms with Crippen LogP contribution in [-0.2, 0) is 6.42 Å². The molecule has 0 aliphatic heterocycles. The first-order chi connectivity index (χ1) is 9.18. The Labute approximate surface area is 115 Å². The van der Waals surface area contributed by atoms with Gasteiger partial charge in [0.2, 0.25) is 0 Å². The molecule has 1 atom stereocenters. The number of nitrogens with one attached hydrogen (secondary N) is 2. The lowest BCUT2D eigenvalue weighted by Gasteiger charge is -2.16. The van der Waals surface area contributed by atoms with Crippen molar-refractivity contribution in [2.24, 2.45) is 0 Å². The molecule has 2 N–H and O–H groups in total. The van der Waals surface area contributed by atoms with Gasteiger partial charge >= 0.3 is 0 Å². The van der Waals surface area contributed by atoms with Crippen LogP contribution in [0.15, 0.2) is 30.5 Å². The van der Waals surface area contributed by atoms with Crippen molar-refractivity contribution in [1.29, 1.82) is 0 Å². The van der Waals surface area contributed by atoms with Crippen molar-refractivity contribution in [1.82, 2.24) is 15.5 Å². The Morgan fingerprint density at radius 3 is 2.74 bits per heavy atom. The summed E-state index contributed by atoms with van der Waals surface area (Å²) >= 11 is 0. The summed E-state index contributed by atoms with van der Waals surface area (Å²) in [7, 11) is 0. The maximum absolute atomic E-state index is 4.05. The zero-order chi connectivity index (χ0) is 13.7. The molecule has 0 aliphatic carbocycles. The molecule has 1 aromatic heterocycles. The molecule has 0 fully saturated rings. The molecule has 3 nitrogen and oxygen atoms in total. The van der Waals surface area contributed by atoms with Crippen LogP contribution in [0.1, 0.15) is 41.8 Å². The molecule has 0 saturated heterocycles. The monoisotopic (exact) mass is 257 g/mol. The van der Waals surface area contributed by atoms with Gasteiger partial charge in [-0.1, -0.05) is 24.3 Å². The van der Waals surface area contributed by atoms with Gasteiger partial charge in [-0.3, -0.25) is 5.10 Å². The van der Waals surface area contributed by atoms with E-state index < -0.39 is 0 Å². The third kappa shape index (κ3) is 3.67. The van der Waals surface area contributed by atoms with Crippen molar-refractivity contribution >= 4 is 0 Å². The van der Waals surface area contributed by atoms with Crippen LogP contribution in [0, 0.1) is 13.8 Å². The molecule has 0 radical (unpaired) electrons. The Bertz CT molecular complexity index is 516. The fraction of sp³-hybridized carbons (Fsp3) is 0.438. The lowest BCUT2D eigenvalue weighted by molar-refractivity contribution is 0.556. The Hall–Kier alpha value is -1.61. The number of hydrogen-bond acceptors (Lipinski definition) is 2. The predicted molar refractivity (Wildman–Crippen MR) is 79.2 cm³/mol. The SMILES string of the molecule is Cc1ccccc1C(C)NCCCc1cn[nH]c1C. The largest absolute Gasteiger partial charge is 0.310 e. The van der Waals surface area contributed by atoms with Crippen LogP contribution in [0.3, 0.4) is 0 Å². The van der Waals surface area contributed by atoms with E-state index in [2.05, 4.69) is 60.6 Å².